The molecule has 0 radical (unpaired) electrons. The number of rotatable bonds is 4. The predicted molar refractivity (Wildman–Crippen MR) is 111 cm³/mol. The first kappa shape index (κ1) is 21.9. The highest BCUT2D eigenvalue weighted by molar-refractivity contribution is 5.67. The van der Waals surface area contributed by atoms with E-state index in [1.54, 1.807) is 24.0 Å². The molecule has 1 amide bonds. The Morgan fingerprint density at radius 3 is 2.66 bits per heavy atom. The van der Waals surface area contributed by atoms with Gasteiger partial charge in [-0.1, -0.05) is 0 Å². The van der Waals surface area contributed by atoms with E-state index in [0.29, 0.717) is 11.7 Å². The van der Waals surface area contributed by atoms with Crippen molar-refractivity contribution in [2.24, 2.45) is 5.73 Å². The van der Waals surface area contributed by atoms with Crippen molar-refractivity contribution in [2.45, 2.75) is 32.3 Å². The second-order valence-corrected chi connectivity index (χ2v) is 6.25. The SMILES string of the molecule is CNc1cc(Nc2cccnc2OC)nc2c(C)cnn12.NC=O.OC1CCC1. The molecule has 0 saturated heterocycles. The molecule has 0 bridgehead atoms. The number of hydrogen-bond donors (Lipinski definition) is 4. The summed E-state index contributed by atoms with van der Waals surface area (Å²) in [5.74, 6) is 2.07. The summed E-state index contributed by atoms with van der Waals surface area (Å²) in [5.41, 5.74) is 6.73. The van der Waals surface area contributed by atoms with Crippen LogP contribution in [0.3, 0.4) is 0 Å². The number of nitrogens with two attached hydrogens (primary N) is 1. The molecule has 0 spiro atoms. The van der Waals surface area contributed by atoms with Gasteiger partial charge in [0.2, 0.25) is 12.3 Å². The van der Waals surface area contributed by atoms with Gasteiger partial charge in [-0.05, 0) is 38.3 Å². The highest BCUT2D eigenvalue weighted by Gasteiger charge is 2.12. The summed E-state index contributed by atoms with van der Waals surface area (Å²) < 4.78 is 7.00. The molecule has 1 aliphatic rings. The number of aryl methyl sites for hydroxylation is 1. The van der Waals surface area contributed by atoms with E-state index in [9.17, 15) is 0 Å². The fourth-order valence-corrected chi connectivity index (χ4v) is 2.49. The number of carbonyl (C=O) groups excluding carboxylic acids is 1. The lowest BCUT2D eigenvalue weighted by molar-refractivity contribution is -0.106. The van der Waals surface area contributed by atoms with Crippen LogP contribution in [0.15, 0.2) is 30.6 Å². The lowest BCUT2D eigenvalue weighted by atomic mass is 9.97. The Morgan fingerprint density at radius 1 is 1.41 bits per heavy atom. The van der Waals surface area contributed by atoms with Crippen LogP contribution in [-0.4, -0.2) is 51.4 Å². The van der Waals surface area contributed by atoms with Crippen molar-refractivity contribution in [2.75, 3.05) is 24.8 Å². The molecule has 0 unspecified atom stereocenters. The first-order chi connectivity index (χ1) is 14.0. The average Bonchev–Trinajstić information content (AvgIpc) is 3.08. The third-order valence-electron chi connectivity index (χ3n) is 4.21. The van der Waals surface area contributed by atoms with Crippen LogP contribution in [0.2, 0.25) is 0 Å². The fraction of sp³-hybridized carbons (Fsp3) is 0.368. The summed E-state index contributed by atoms with van der Waals surface area (Å²) in [7, 11) is 3.44. The Balaban J connectivity index is 0.000000316. The van der Waals surface area contributed by atoms with E-state index in [4.69, 9.17) is 14.6 Å². The lowest BCUT2D eigenvalue weighted by Crippen LogP contribution is -2.15. The number of amides is 1. The number of ether oxygens (including phenoxy) is 1. The Labute approximate surface area is 169 Å². The van der Waals surface area contributed by atoms with Gasteiger partial charge in [-0.3, -0.25) is 4.79 Å². The fourth-order valence-electron chi connectivity index (χ4n) is 2.49. The zero-order valence-electron chi connectivity index (χ0n) is 16.8. The normalized spacial score (nSPS) is 12.6. The Bertz CT molecular complexity index is 925. The molecule has 0 aromatic carbocycles. The van der Waals surface area contributed by atoms with Gasteiger partial charge in [-0.2, -0.15) is 9.61 Å². The second-order valence-electron chi connectivity index (χ2n) is 6.25. The summed E-state index contributed by atoms with van der Waals surface area (Å²) in [4.78, 5) is 17.3. The average molecular weight is 401 g/mol. The van der Waals surface area contributed by atoms with E-state index < -0.39 is 0 Å². The standard InChI is InChI=1S/C14H16N6O.C4H8O.CH3NO/c1-9-8-17-20-12(15-2)7-11(19-13(9)20)18-10-5-4-6-16-14(10)21-3;5-4-2-1-3-4;2-1-3/h4-8,15H,1-3H3,(H,18,19);4-5H,1-3H2;1H,(H2,2,3). The van der Waals surface area contributed by atoms with Gasteiger partial charge in [0.05, 0.1) is 19.4 Å². The van der Waals surface area contributed by atoms with Gasteiger partial charge in [-0.15, -0.1) is 0 Å². The number of nitrogens with zero attached hydrogens (tertiary/aromatic N) is 4. The lowest BCUT2D eigenvalue weighted by Gasteiger charge is -2.17. The Morgan fingerprint density at radius 2 is 2.10 bits per heavy atom. The molecule has 3 aromatic rings. The molecular formula is C19H27N7O3. The van der Waals surface area contributed by atoms with Gasteiger partial charge in [0, 0.05) is 24.9 Å². The monoisotopic (exact) mass is 401 g/mol. The minimum Gasteiger partial charge on any atom is -0.480 e. The molecule has 10 heteroatoms. The van der Waals surface area contributed by atoms with E-state index in [1.807, 2.05) is 32.2 Å². The molecule has 1 saturated carbocycles. The van der Waals surface area contributed by atoms with Crippen LogP contribution in [0.4, 0.5) is 17.3 Å². The van der Waals surface area contributed by atoms with E-state index in [1.165, 1.54) is 6.42 Å². The zero-order valence-corrected chi connectivity index (χ0v) is 16.8. The van der Waals surface area contributed by atoms with Gasteiger partial charge in [0.25, 0.3) is 0 Å². The van der Waals surface area contributed by atoms with Crippen molar-refractivity contribution in [1.82, 2.24) is 19.6 Å². The van der Waals surface area contributed by atoms with Gasteiger partial charge in [0.1, 0.15) is 17.3 Å². The number of fused-ring (bicyclic) bond motifs is 1. The quantitative estimate of drug-likeness (QED) is 0.486. The van der Waals surface area contributed by atoms with Crippen molar-refractivity contribution >= 4 is 29.4 Å². The largest absolute Gasteiger partial charge is 0.480 e. The number of hydrogen-bond acceptors (Lipinski definition) is 8. The highest BCUT2D eigenvalue weighted by atomic mass is 16.5. The number of primary amides is 1. The molecule has 5 N–H and O–H groups in total. The van der Waals surface area contributed by atoms with Gasteiger partial charge >= 0.3 is 0 Å². The molecule has 156 valence electrons. The van der Waals surface area contributed by atoms with Crippen LogP contribution >= 0.6 is 0 Å². The molecular weight excluding hydrogens is 374 g/mol. The maximum absolute atomic E-state index is 8.58. The number of carbonyl (C=O) groups is 1. The summed E-state index contributed by atoms with van der Waals surface area (Å²) in [6.45, 7) is 1.98. The van der Waals surface area contributed by atoms with Crippen LogP contribution in [0.25, 0.3) is 5.65 Å². The maximum atomic E-state index is 8.58. The molecule has 4 rings (SSSR count). The number of nitrogens with one attached hydrogen (secondary N) is 2. The smallest absolute Gasteiger partial charge is 0.237 e. The van der Waals surface area contributed by atoms with Crippen molar-refractivity contribution in [1.29, 1.82) is 0 Å². The molecule has 1 aliphatic carbocycles. The third kappa shape index (κ3) is 5.79. The first-order valence-electron chi connectivity index (χ1n) is 9.16. The van der Waals surface area contributed by atoms with Gasteiger partial charge in [0.15, 0.2) is 5.65 Å². The number of aliphatic hydroxyl groups excluding tert-OH is 1. The predicted octanol–water partition coefficient (Wildman–Crippen LogP) is 1.86. The van der Waals surface area contributed by atoms with Crippen LogP contribution < -0.4 is 21.1 Å². The molecule has 10 nitrogen and oxygen atoms in total. The topological polar surface area (TPSA) is 140 Å². The molecule has 3 aromatic heterocycles. The van der Waals surface area contributed by atoms with Crippen molar-refractivity contribution in [3.8, 4) is 5.88 Å². The Hall–Kier alpha value is -3.40. The summed E-state index contributed by atoms with van der Waals surface area (Å²) in [6.07, 6.45) is 7.11. The number of pyridine rings is 1. The van der Waals surface area contributed by atoms with Crippen LogP contribution in [0, 0.1) is 6.92 Å². The number of methoxy groups -OCH3 is 1. The minimum absolute atomic E-state index is 0.0648. The molecule has 3 heterocycles. The number of aliphatic hydroxyl groups is 1. The number of aromatic nitrogens is 4. The summed E-state index contributed by atoms with van der Waals surface area (Å²) in [5, 5.41) is 19.1. The molecule has 29 heavy (non-hydrogen) atoms. The van der Waals surface area contributed by atoms with Crippen LogP contribution in [-0.2, 0) is 4.79 Å². The van der Waals surface area contributed by atoms with E-state index in [2.05, 4.69) is 31.4 Å². The highest BCUT2D eigenvalue weighted by Crippen LogP contribution is 2.26. The van der Waals surface area contributed by atoms with Crippen LogP contribution in [0.1, 0.15) is 24.8 Å². The minimum atomic E-state index is 0.0648. The van der Waals surface area contributed by atoms with Crippen molar-refractivity contribution in [3.05, 3.63) is 36.2 Å². The summed E-state index contributed by atoms with van der Waals surface area (Å²) in [6, 6.07) is 5.61. The molecule has 0 aliphatic heterocycles. The van der Waals surface area contributed by atoms with Crippen LogP contribution in [0.5, 0.6) is 5.88 Å². The van der Waals surface area contributed by atoms with Gasteiger partial charge in [-0.25, -0.2) is 9.97 Å². The summed E-state index contributed by atoms with van der Waals surface area (Å²) >= 11 is 0. The third-order valence-corrected chi connectivity index (χ3v) is 4.21. The molecule has 1 fully saturated rings. The number of anilines is 3. The Kier molecular flexibility index (Phi) is 8.16. The molecule has 0 atom stereocenters. The maximum Gasteiger partial charge on any atom is 0.237 e. The van der Waals surface area contributed by atoms with E-state index in [0.717, 1.165) is 35.6 Å². The van der Waals surface area contributed by atoms with E-state index in [-0.39, 0.29) is 12.5 Å². The zero-order chi connectivity index (χ0) is 21.2. The first-order valence-corrected chi connectivity index (χ1v) is 9.16. The van der Waals surface area contributed by atoms with E-state index >= 15 is 0 Å². The van der Waals surface area contributed by atoms with Gasteiger partial charge < -0.3 is 26.2 Å². The second kappa shape index (κ2) is 10.8. The van der Waals surface area contributed by atoms with Crippen molar-refractivity contribution < 1.29 is 14.6 Å². The van der Waals surface area contributed by atoms with Crippen molar-refractivity contribution in [3.63, 3.8) is 0 Å².